The minimum Gasteiger partial charge on any atom is -0.480 e. The lowest BCUT2D eigenvalue weighted by molar-refractivity contribution is -0.142. The monoisotopic (exact) mass is 1120 g/mol. The van der Waals surface area contributed by atoms with E-state index in [9.17, 15) is 58.2 Å². The van der Waals surface area contributed by atoms with Crippen LogP contribution in [0.25, 0.3) is 11.2 Å². The van der Waals surface area contributed by atoms with Gasteiger partial charge in [-0.05, 0) is 101 Å². The van der Waals surface area contributed by atoms with Crippen LogP contribution < -0.4 is 54.0 Å². The molecule has 434 valence electrons. The van der Waals surface area contributed by atoms with Crippen molar-refractivity contribution in [2.24, 2.45) is 5.73 Å². The van der Waals surface area contributed by atoms with Crippen LogP contribution in [0.1, 0.15) is 106 Å². The lowest BCUT2D eigenvalue weighted by atomic mass is 10.0. The summed E-state index contributed by atoms with van der Waals surface area (Å²) in [6, 6.07) is 8.84. The number of rotatable bonds is 34. The topological polar surface area (TPSA) is 419 Å². The normalized spacial score (nSPS) is 13.8. The van der Waals surface area contributed by atoms with Gasteiger partial charge in [0.1, 0.15) is 30.2 Å². The number of anilines is 3. The third-order valence-electron chi connectivity index (χ3n) is 13.0. The molecule has 0 fully saturated rings. The summed E-state index contributed by atoms with van der Waals surface area (Å²) in [5.41, 5.74) is 20.0. The number of nitrogen functional groups attached to an aromatic ring is 2. The minimum absolute atomic E-state index is 0.00557. The first-order valence-electron chi connectivity index (χ1n) is 26.6. The number of carboxylic acids is 2. The van der Waals surface area contributed by atoms with Crippen molar-refractivity contribution in [2.45, 2.75) is 127 Å². The van der Waals surface area contributed by atoms with E-state index in [0.29, 0.717) is 61.1 Å². The van der Waals surface area contributed by atoms with Gasteiger partial charge in [-0.2, -0.15) is 9.97 Å². The average molecular weight is 1120 g/mol. The van der Waals surface area contributed by atoms with Crippen LogP contribution in [0.4, 0.5) is 17.5 Å². The second-order valence-electron chi connectivity index (χ2n) is 19.4. The Hall–Kier alpha value is -9.14. The highest BCUT2D eigenvalue weighted by molar-refractivity contribution is 6.12. The largest absolute Gasteiger partial charge is 0.480 e. The maximum atomic E-state index is 14.0. The number of nitrogens with one attached hydrogen (secondary N) is 6. The van der Waals surface area contributed by atoms with Crippen LogP contribution in [0, 0.1) is 0 Å². The molecule has 14 N–H and O–H groups in total. The van der Waals surface area contributed by atoms with Crippen LogP contribution in [0.5, 0.6) is 0 Å². The molecule has 0 aliphatic carbocycles. The lowest BCUT2D eigenvalue weighted by Gasteiger charge is -2.25. The first kappa shape index (κ1) is 62.7. The summed E-state index contributed by atoms with van der Waals surface area (Å²) in [6.45, 7) is 2.36. The van der Waals surface area contributed by atoms with E-state index in [1.807, 2.05) is 4.90 Å². The van der Waals surface area contributed by atoms with E-state index in [4.69, 9.17) is 17.2 Å². The summed E-state index contributed by atoms with van der Waals surface area (Å²) in [5.74, 6) is -7.19. The van der Waals surface area contributed by atoms with E-state index in [2.05, 4.69) is 51.8 Å². The van der Waals surface area contributed by atoms with Crippen molar-refractivity contribution < 1.29 is 58.2 Å². The van der Waals surface area contributed by atoms with Crippen molar-refractivity contribution in [1.29, 1.82) is 0 Å². The number of amides is 8. The van der Waals surface area contributed by atoms with Crippen molar-refractivity contribution in [2.75, 3.05) is 43.0 Å². The summed E-state index contributed by atoms with van der Waals surface area (Å²) in [7, 11) is 1.79. The molecule has 8 amide bonds. The zero-order chi connectivity index (χ0) is 59.0. The Bertz CT molecular complexity index is 2890. The Balaban J connectivity index is 1.06. The Labute approximate surface area is 467 Å². The standard InChI is InChI=1S/C54H71N15O12/c1-32(60-42(71)17-7-4-12-28-69-43(72)24-25-44(69)73)48(74)65-40(29-33-13-5-3-6-14-33)51(77)62-37(15-8-10-26-55)50(76)64-38(52(78)79)16-9-11-27-58-41(70)23-22-39(53(80)81)63-49(75)34-18-20-36(21-19-34)68(2)31-35-30-59-47-45(61-35)46(56)66-54(57)67-47/h3,5-6,13-14,18-21,24-25,30,32,37-40H,4,7-12,15-17,22-23,26-29,31,55H2,1-2H3,(H,58,70)(H,60,71)(H,62,77)(H,63,75)(H,64,76)(H,65,74)(H,78,79)(H,80,81)(H4,56,57,59,66,67)/t32?,37-,38-,39-,40?/m0/s1. The molecule has 2 aromatic carbocycles. The number of carbonyl (C=O) groups is 10. The summed E-state index contributed by atoms with van der Waals surface area (Å²) in [6.07, 6.45) is 6.40. The van der Waals surface area contributed by atoms with Crippen molar-refractivity contribution in [3.63, 3.8) is 0 Å². The van der Waals surface area contributed by atoms with Crippen molar-refractivity contribution >= 4 is 87.8 Å². The number of fused-ring (bicyclic) bond motifs is 1. The van der Waals surface area contributed by atoms with Gasteiger partial charge in [0, 0.05) is 62.8 Å². The molecule has 0 bridgehead atoms. The maximum absolute atomic E-state index is 14.0. The Morgan fingerprint density at radius 1 is 0.654 bits per heavy atom. The number of nitrogens with zero attached hydrogens (tertiary/aromatic N) is 6. The quantitative estimate of drug-likeness (QED) is 0.0222. The van der Waals surface area contributed by atoms with Crippen LogP contribution in [0.2, 0.25) is 0 Å². The molecule has 27 nitrogen and oxygen atoms in total. The number of unbranched alkanes of at least 4 members (excludes halogenated alkanes) is 4. The second-order valence-corrected chi connectivity index (χ2v) is 19.4. The van der Waals surface area contributed by atoms with E-state index >= 15 is 0 Å². The number of aliphatic carboxylic acids is 2. The average Bonchev–Trinajstić information content (AvgIpc) is 3.79. The molecule has 0 spiro atoms. The van der Waals surface area contributed by atoms with E-state index in [0.717, 1.165) is 4.90 Å². The van der Waals surface area contributed by atoms with Gasteiger partial charge in [-0.15, -0.1) is 0 Å². The number of hydrogen-bond acceptors (Lipinski definition) is 18. The number of imide groups is 1. The molecule has 1 aliphatic rings. The molecule has 4 aromatic rings. The second kappa shape index (κ2) is 31.5. The van der Waals surface area contributed by atoms with Gasteiger partial charge in [0.25, 0.3) is 17.7 Å². The van der Waals surface area contributed by atoms with Gasteiger partial charge in [-0.3, -0.25) is 43.3 Å². The fourth-order valence-electron chi connectivity index (χ4n) is 8.51. The predicted octanol–water partition coefficient (Wildman–Crippen LogP) is 0.371. The Kier molecular flexibility index (Phi) is 24.3. The zero-order valence-corrected chi connectivity index (χ0v) is 45.2. The molecule has 0 saturated carbocycles. The smallest absolute Gasteiger partial charge is 0.326 e. The summed E-state index contributed by atoms with van der Waals surface area (Å²) >= 11 is 0. The Morgan fingerprint density at radius 3 is 1.96 bits per heavy atom. The van der Waals surface area contributed by atoms with Crippen molar-refractivity contribution in [3.05, 3.63) is 89.8 Å². The molecule has 27 heteroatoms. The first-order chi connectivity index (χ1) is 38.7. The van der Waals surface area contributed by atoms with Crippen LogP contribution in [-0.2, 0) is 56.1 Å². The summed E-state index contributed by atoms with van der Waals surface area (Å²) < 4.78 is 0. The molecule has 5 rings (SSSR count). The number of carboxylic acid groups (broad SMARTS) is 2. The van der Waals surface area contributed by atoms with Gasteiger partial charge < -0.3 is 64.2 Å². The van der Waals surface area contributed by atoms with Gasteiger partial charge in [0.15, 0.2) is 17.0 Å². The van der Waals surface area contributed by atoms with Gasteiger partial charge in [0.2, 0.25) is 35.5 Å². The molecule has 0 radical (unpaired) electrons. The molecule has 5 atom stereocenters. The van der Waals surface area contributed by atoms with E-state index in [1.54, 1.807) is 49.5 Å². The summed E-state index contributed by atoms with van der Waals surface area (Å²) in [4.78, 5) is 147. The van der Waals surface area contributed by atoms with Gasteiger partial charge in [-0.1, -0.05) is 36.8 Å². The number of carbonyl (C=O) groups excluding carboxylic acids is 8. The Morgan fingerprint density at radius 2 is 1.28 bits per heavy atom. The van der Waals surface area contributed by atoms with Gasteiger partial charge in [-0.25, -0.2) is 19.6 Å². The fraction of sp³-hybridized carbons (Fsp3) is 0.444. The van der Waals surface area contributed by atoms with Crippen LogP contribution in [0.15, 0.2) is 72.9 Å². The van der Waals surface area contributed by atoms with Gasteiger partial charge in [0.05, 0.1) is 18.4 Å². The highest BCUT2D eigenvalue weighted by atomic mass is 16.4. The van der Waals surface area contributed by atoms with Crippen LogP contribution >= 0.6 is 0 Å². The molecule has 2 unspecified atom stereocenters. The number of nitrogens with two attached hydrogens (primary N) is 3. The highest BCUT2D eigenvalue weighted by Crippen LogP contribution is 2.20. The molecule has 2 aromatic heterocycles. The van der Waals surface area contributed by atoms with E-state index < -0.39 is 77.6 Å². The van der Waals surface area contributed by atoms with E-state index in [-0.39, 0.29) is 106 Å². The number of hydrogen-bond donors (Lipinski definition) is 11. The minimum atomic E-state index is -1.40. The molecular weight excluding hydrogens is 1050 g/mol. The third-order valence-corrected chi connectivity index (χ3v) is 13.0. The SMILES string of the molecule is CC(NC(=O)CCCCCN1C(=O)C=CC1=O)C(=O)NC(Cc1ccccc1)C(=O)N[C@@H](CCCCN)C(=O)N[C@@H](CCCCNC(=O)CC[C@H](NC(=O)c1ccc(N(C)Cc2cnc3nc(N)nc(N)c3n2)cc1)C(=O)O)C(=O)O. The predicted molar refractivity (Wildman–Crippen MR) is 296 cm³/mol. The van der Waals surface area contributed by atoms with E-state index in [1.165, 1.54) is 37.4 Å². The molecule has 1 aliphatic heterocycles. The molecular formula is C54H71N15O12. The van der Waals surface area contributed by atoms with Crippen molar-refractivity contribution in [3.8, 4) is 0 Å². The highest BCUT2D eigenvalue weighted by Gasteiger charge is 2.31. The number of aromatic nitrogens is 4. The lowest BCUT2D eigenvalue weighted by Crippen LogP contribution is -2.58. The third kappa shape index (κ3) is 20.2. The van der Waals surface area contributed by atoms with Gasteiger partial charge >= 0.3 is 11.9 Å². The molecule has 3 heterocycles. The molecule has 81 heavy (non-hydrogen) atoms. The molecule has 0 saturated heterocycles. The number of benzene rings is 2. The van der Waals surface area contributed by atoms with Crippen LogP contribution in [-0.4, -0.2) is 151 Å². The van der Waals surface area contributed by atoms with Crippen molar-refractivity contribution in [1.82, 2.24) is 56.7 Å². The summed E-state index contributed by atoms with van der Waals surface area (Å²) in [5, 5.41) is 35.5. The maximum Gasteiger partial charge on any atom is 0.326 e. The fourth-order valence-corrected chi connectivity index (χ4v) is 8.51. The zero-order valence-electron chi connectivity index (χ0n) is 45.2. The van der Waals surface area contributed by atoms with Crippen LogP contribution in [0.3, 0.4) is 0 Å². The first-order valence-corrected chi connectivity index (χ1v) is 26.6.